The molecule has 0 aliphatic rings. The lowest BCUT2D eigenvalue weighted by Crippen LogP contribution is -2.13. The van der Waals surface area contributed by atoms with Gasteiger partial charge in [0.2, 0.25) is 0 Å². The van der Waals surface area contributed by atoms with Crippen LogP contribution in [0.25, 0.3) is 0 Å². The molecule has 24 heavy (non-hydrogen) atoms. The van der Waals surface area contributed by atoms with Crippen molar-refractivity contribution in [2.45, 2.75) is 27.2 Å². The average Bonchev–Trinajstić information content (AvgIpc) is 2.55. The molecule has 5 heteroatoms. The summed E-state index contributed by atoms with van der Waals surface area (Å²) in [5.41, 5.74) is 1.68. The second kappa shape index (κ2) is 8.24. The maximum Gasteiger partial charge on any atom is 0.255 e. The lowest BCUT2D eigenvalue weighted by molar-refractivity contribution is 0.101. The van der Waals surface area contributed by atoms with Gasteiger partial charge in [0.15, 0.2) is 5.78 Å². The molecule has 0 radical (unpaired) electrons. The summed E-state index contributed by atoms with van der Waals surface area (Å²) in [4.78, 5) is 28.0. The van der Waals surface area contributed by atoms with E-state index in [9.17, 15) is 9.59 Å². The molecule has 0 fully saturated rings. The Labute approximate surface area is 142 Å². The first kappa shape index (κ1) is 17.7. The number of carbonyl (C=O) groups excluding carboxylic acids is 2. The lowest BCUT2D eigenvalue weighted by Gasteiger charge is -2.10. The Hall–Kier alpha value is -2.69. The van der Waals surface area contributed by atoms with Gasteiger partial charge in [-0.3, -0.25) is 9.59 Å². The minimum Gasteiger partial charge on any atom is -0.370 e. The Balaban J connectivity index is 2.04. The Kier molecular flexibility index (Phi) is 6.07. The fourth-order valence-electron chi connectivity index (χ4n) is 2.18. The SMILES string of the molecule is CC(=O)c1cccc(NC(=O)c2ccnc(NCCC(C)C)c2)c1. The first-order valence-electron chi connectivity index (χ1n) is 8.08. The number of benzene rings is 1. The normalized spacial score (nSPS) is 10.5. The molecule has 0 saturated heterocycles. The Morgan fingerprint density at radius 3 is 2.62 bits per heavy atom. The van der Waals surface area contributed by atoms with E-state index in [4.69, 9.17) is 0 Å². The summed E-state index contributed by atoms with van der Waals surface area (Å²) in [5.74, 6) is 1.02. The summed E-state index contributed by atoms with van der Waals surface area (Å²) in [5, 5.41) is 6.03. The molecule has 0 spiro atoms. The van der Waals surface area contributed by atoms with Crippen molar-refractivity contribution in [2.75, 3.05) is 17.2 Å². The highest BCUT2D eigenvalue weighted by atomic mass is 16.1. The maximum absolute atomic E-state index is 12.4. The monoisotopic (exact) mass is 325 g/mol. The third-order valence-electron chi connectivity index (χ3n) is 3.58. The van der Waals surface area contributed by atoms with E-state index in [1.54, 1.807) is 42.6 Å². The number of Topliss-reactive ketones (excluding diaryl/α,β-unsaturated/α-hetero) is 1. The van der Waals surface area contributed by atoms with Crippen molar-refractivity contribution in [3.05, 3.63) is 53.7 Å². The van der Waals surface area contributed by atoms with Crippen LogP contribution in [0, 0.1) is 5.92 Å². The van der Waals surface area contributed by atoms with E-state index in [1.807, 2.05) is 0 Å². The molecule has 1 amide bonds. The van der Waals surface area contributed by atoms with Crippen LogP contribution >= 0.6 is 0 Å². The van der Waals surface area contributed by atoms with E-state index in [0.29, 0.717) is 28.6 Å². The van der Waals surface area contributed by atoms with Gasteiger partial charge in [0.25, 0.3) is 5.91 Å². The van der Waals surface area contributed by atoms with Crippen molar-refractivity contribution < 1.29 is 9.59 Å². The van der Waals surface area contributed by atoms with Gasteiger partial charge in [0, 0.05) is 29.6 Å². The van der Waals surface area contributed by atoms with Gasteiger partial charge in [0.1, 0.15) is 5.82 Å². The van der Waals surface area contributed by atoms with Crippen molar-refractivity contribution in [2.24, 2.45) is 5.92 Å². The summed E-state index contributed by atoms with van der Waals surface area (Å²) in [7, 11) is 0. The molecule has 5 nitrogen and oxygen atoms in total. The van der Waals surface area contributed by atoms with Gasteiger partial charge in [0.05, 0.1) is 0 Å². The number of nitrogens with zero attached hydrogens (tertiary/aromatic N) is 1. The van der Waals surface area contributed by atoms with Crippen LogP contribution in [0.5, 0.6) is 0 Å². The zero-order valence-corrected chi connectivity index (χ0v) is 14.3. The van der Waals surface area contributed by atoms with E-state index < -0.39 is 0 Å². The van der Waals surface area contributed by atoms with Crippen LogP contribution in [0.15, 0.2) is 42.6 Å². The predicted molar refractivity (Wildman–Crippen MR) is 96.6 cm³/mol. The van der Waals surface area contributed by atoms with Crippen molar-refractivity contribution >= 4 is 23.2 Å². The molecule has 0 saturated carbocycles. The van der Waals surface area contributed by atoms with Gasteiger partial charge in [-0.1, -0.05) is 26.0 Å². The highest BCUT2D eigenvalue weighted by Crippen LogP contribution is 2.14. The number of pyridine rings is 1. The summed E-state index contributed by atoms with van der Waals surface area (Å²) < 4.78 is 0. The average molecular weight is 325 g/mol. The van der Waals surface area contributed by atoms with Gasteiger partial charge in [-0.05, 0) is 43.5 Å². The first-order chi connectivity index (χ1) is 11.5. The molecule has 0 unspecified atom stereocenters. The zero-order valence-electron chi connectivity index (χ0n) is 14.3. The number of carbonyl (C=O) groups is 2. The Morgan fingerprint density at radius 2 is 1.92 bits per heavy atom. The number of hydrogen-bond acceptors (Lipinski definition) is 4. The van der Waals surface area contributed by atoms with E-state index in [-0.39, 0.29) is 11.7 Å². The van der Waals surface area contributed by atoms with Crippen LogP contribution in [-0.2, 0) is 0 Å². The van der Waals surface area contributed by atoms with Crippen molar-refractivity contribution in [3.63, 3.8) is 0 Å². The third kappa shape index (κ3) is 5.19. The largest absolute Gasteiger partial charge is 0.370 e. The van der Waals surface area contributed by atoms with Gasteiger partial charge in [-0.2, -0.15) is 0 Å². The maximum atomic E-state index is 12.4. The molecule has 2 N–H and O–H groups in total. The van der Waals surface area contributed by atoms with Crippen LogP contribution in [0.2, 0.25) is 0 Å². The number of anilines is 2. The number of ketones is 1. The molecule has 0 bridgehead atoms. The van der Waals surface area contributed by atoms with Crippen molar-refractivity contribution in [1.82, 2.24) is 4.98 Å². The minimum absolute atomic E-state index is 0.0355. The van der Waals surface area contributed by atoms with Gasteiger partial charge < -0.3 is 10.6 Å². The van der Waals surface area contributed by atoms with Gasteiger partial charge in [-0.25, -0.2) is 4.98 Å². The first-order valence-corrected chi connectivity index (χ1v) is 8.08. The van der Waals surface area contributed by atoms with Gasteiger partial charge >= 0.3 is 0 Å². The van der Waals surface area contributed by atoms with E-state index in [0.717, 1.165) is 13.0 Å². The Bertz CT molecular complexity index is 726. The van der Waals surface area contributed by atoms with Crippen molar-refractivity contribution in [3.8, 4) is 0 Å². The molecular weight excluding hydrogens is 302 g/mol. The summed E-state index contributed by atoms with van der Waals surface area (Å²) in [6.45, 7) is 6.64. The van der Waals surface area contributed by atoms with Crippen LogP contribution in [-0.4, -0.2) is 23.2 Å². The molecule has 0 atom stereocenters. The number of aromatic nitrogens is 1. The number of rotatable bonds is 7. The molecule has 2 rings (SSSR count). The molecule has 1 aromatic carbocycles. The molecule has 126 valence electrons. The second-order valence-corrected chi connectivity index (χ2v) is 6.13. The standard InChI is InChI=1S/C19H23N3O2/c1-13(2)7-9-20-18-12-16(8-10-21-18)19(24)22-17-6-4-5-15(11-17)14(3)23/h4-6,8,10-13H,7,9H2,1-3H3,(H,20,21)(H,22,24). The third-order valence-corrected chi connectivity index (χ3v) is 3.58. The quantitative estimate of drug-likeness (QED) is 0.755. The predicted octanol–water partition coefficient (Wildman–Crippen LogP) is 3.99. The molecule has 2 aromatic rings. The molecule has 1 aromatic heterocycles. The summed E-state index contributed by atoms with van der Waals surface area (Å²) in [6.07, 6.45) is 2.65. The minimum atomic E-state index is -0.231. The van der Waals surface area contributed by atoms with Crippen LogP contribution in [0.3, 0.4) is 0 Å². The molecule has 1 heterocycles. The molecule has 0 aliphatic heterocycles. The van der Waals surface area contributed by atoms with Crippen LogP contribution < -0.4 is 10.6 Å². The fraction of sp³-hybridized carbons (Fsp3) is 0.316. The van der Waals surface area contributed by atoms with E-state index in [1.165, 1.54) is 6.92 Å². The Morgan fingerprint density at radius 1 is 1.12 bits per heavy atom. The van der Waals surface area contributed by atoms with Crippen LogP contribution in [0.4, 0.5) is 11.5 Å². The second-order valence-electron chi connectivity index (χ2n) is 6.13. The highest BCUT2D eigenvalue weighted by Gasteiger charge is 2.09. The fourth-order valence-corrected chi connectivity index (χ4v) is 2.18. The highest BCUT2D eigenvalue weighted by molar-refractivity contribution is 6.05. The number of amides is 1. The smallest absolute Gasteiger partial charge is 0.255 e. The topological polar surface area (TPSA) is 71.1 Å². The number of hydrogen-bond donors (Lipinski definition) is 2. The van der Waals surface area contributed by atoms with Crippen LogP contribution in [0.1, 0.15) is 47.9 Å². The summed E-state index contributed by atoms with van der Waals surface area (Å²) >= 11 is 0. The van der Waals surface area contributed by atoms with Crippen molar-refractivity contribution in [1.29, 1.82) is 0 Å². The zero-order chi connectivity index (χ0) is 17.5. The summed E-state index contributed by atoms with van der Waals surface area (Å²) in [6, 6.07) is 10.3. The lowest BCUT2D eigenvalue weighted by atomic mass is 10.1. The molecule has 0 aliphatic carbocycles. The van der Waals surface area contributed by atoms with E-state index in [2.05, 4.69) is 29.5 Å². The molecular formula is C19H23N3O2. The number of nitrogens with one attached hydrogen (secondary N) is 2. The van der Waals surface area contributed by atoms with E-state index >= 15 is 0 Å². The van der Waals surface area contributed by atoms with Gasteiger partial charge in [-0.15, -0.1) is 0 Å².